The van der Waals surface area contributed by atoms with Crippen LogP contribution in [-0.4, -0.2) is 24.0 Å². The second-order valence-electron chi connectivity index (χ2n) is 2.97. The highest BCUT2D eigenvalue weighted by molar-refractivity contribution is 4.78. The van der Waals surface area contributed by atoms with Gasteiger partial charge in [0.1, 0.15) is 0 Å². The largest absolute Gasteiger partial charge is 0.300 e. The van der Waals surface area contributed by atoms with Gasteiger partial charge in [0, 0.05) is 6.04 Å². The molecule has 0 aromatic carbocycles. The van der Waals surface area contributed by atoms with Gasteiger partial charge in [-0.05, 0) is 39.8 Å². The van der Waals surface area contributed by atoms with E-state index in [2.05, 4.69) is 18.7 Å². The molecule has 0 amide bonds. The van der Waals surface area contributed by atoms with Crippen molar-refractivity contribution < 1.29 is 0 Å². The predicted molar refractivity (Wildman–Crippen MR) is 44.5 cm³/mol. The van der Waals surface area contributed by atoms with Crippen LogP contribution < -0.4 is 0 Å². The first-order valence-corrected chi connectivity index (χ1v) is 4.21. The number of hydrogen-bond acceptors (Lipinski definition) is 1. The van der Waals surface area contributed by atoms with E-state index >= 15 is 0 Å². The van der Waals surface area contributed by atoms with Gasteiger partial charge in [0.05, 0.1) is 0 Å². The van der Waals surface area contributed by atoms with Crippen molar-refractivity contribution in [1.82, 2.24) is 4.90 Å². The van der Waals surface area contributed by atoms with Gasteiger partial charge in [-0.1, -0.05) is 12.8 Å². The van der Waals surface area contributed by atoms with Crippen LogP contribution in [0.25, 0.3) is 0 Å². The summed E-state index contributed by atoms with van der Waals surface area (Å²) in [6.45, 7) is 9.62. The lowest BCUT2D eigenvalue weighted by Crippen LogP contribution is -2.32. The Morgan fingerprint density at radius 2 is 1.60 bits per heavy atom. The van der Waals surface area contributed by atoms with Gasteiger partial charge in [0.2, 0.25) is 0 Å². The molecule has 58 valence electrons. The first-order valence-electron chi connectivity index (χ1n) is 4.21. The van der Waals surface area contributed by atoms with Crippen molar-refractivity contribution in [2.45, 2.75) is 31.7 Å². The molecule has 1 fully saturated rings. The lowest BCUT2D eigenvalue weighted by Gasteiger charge is -2.25. The van der Waals surface area contributed by atoms with E-state index in [9.17, 15) is 0 Å². The fourth-order valence-electron chi connectivity index (χ4n) is 1.75. The van der Waals surface area contributed by atoms with E-state index in [-0.39, 0.29) is 0 Å². The second kappa shape index (κ2) is 3.97. The van der Waals surface area contributed by atoms with Gasteiger partial charge in [-0.15, -0.1) is 0 Å². The summed E-state index contributed by atoms with van der Waals surface area (Å²) in [6.07, 6.45) is 5.54. The monoisotopic (exact) mass is 139 g/mol. The van der Waals surface area contributed by atoms with Crippen molar-refractivity contribution >= 4 is 0 Å². The first kappa shape index (κ1) is 8.06. The molecule has 0 saturated heterocycles. The second-order valence-corrected chi connectivity index (χ2v) is 2.97. The fraction of sp³-hybridized carbons (Fsp3) is 0.778. The first-order chi connectivity index (χ1) is 4.88. The Kier molecular flexibility index (Phi) is 3.20. The Balaban J connectivity index is 2.29. The quantitative estimate of drug-likeness (QED) is 0.577. The Labute approximate surface area is 64.4 Å². The molecule has 2 radical (unpaired) electrons. The Hall–Kier alpha value is -0.0400. The summed E-state index contributed by atoms with van der Waals surface area (Å²) in [5.74, 6) is 0. The zero-order chi connectivity index (χ0) is 7.40. The normalized spacial score (nSPS) is 20.7. The maximum atomic E-state index is 3.89. The summed E-state index contributed by atoms with van der Waals surface area (Å²) in [7, 11) is 0. The minimum atomic E-state index is 0.801. The Morgan fingerprint density at radius 3 is 2.00 bits per heavy atom. The van der Waals surface area contributed by atoms with E-state index in [1.54, 1.807) is 0 Å². The van der Waals surface area contributed by atoms with Crippen LogP contribution in [0.2, 0.25) is 0 Å². The van der Waals surface area contributed by atoms with Crippen LogP contribution in [0.1, 0.15) is 25.7 Å². The summed E-state index contributed by atoms with van der Waals surface area (Å²) in [5, 5.41) is 0. The van der Waals surface area contributed by atoms with Crippen LogP contribution in [0, 0.1) is 13.8 Å². The Bertz CT molecular complexity index is 80.7. The number of hydrogen-bond donors (Lipinski definition) is 0. The van der Waals surface area contributed by atoms with Gasteiger partial charge in [-0.25, -0.2) is 0 Å². The third-order valence-corrected chi connectivity index (χ3v) is 2.42. The molecule has 0 heterocycles. The molecule has 0 aromatic heterocycles. The molecule has 1 heteroatoms. The third-order valence-electron chi connectivity index (χ3n) is 2.42. The Morgan fingerprint density at radius 1 is 1.10 bits per heavy atom. The van der Waals surface area contributed by atoms with Crippen molar-refractivity contribution in [2.24, 2.45) is 0 Å². The van der Waals surface area contributed by atoms with Crippen molar-refractivity contribution in [3.8, 4) is 0 Å². The zero-order valence-electron chi connectivity index (χ0n) is 6.68. The zero-order valence-corrected chi connectivity index (χ0v) is 6.68. The molecule has 0 aromatic rings. The molecular formula is C9H17N. The molecule has 1 saturated carbocycles. The summed E-state index contributed by atoms with van der Waals surface area (Å²) in [5.41, 5.74) is 0. The molecule has 0 atom stereocenters. The molecule has 0 bridgehead atoms. The molecule has 1 aliphatic rings. The van der Waals surface area contributed by atoms with Gasteiger partial charge in [0.15, 0.2) is 0 Å². The summed E-state index contributed by atoms with van der Waals surface area (Å²) in [4.78, 5) is 2.37. The fourth-order valence-corrected chi connectivity index (χ4v) is 1.75. The number of rotatable bonds is 3. The number of nitrogens with zero attached hydrogens (tertiary/aromatic N) is 1. The van der Waals surface area contributed by atoms with Crippen molar-refractivity contribution in [3.05, 3.63) is 13.8 Å². The predicted octanol–water partition coefficient (Wildman–Crippen LogP) is 1.90. The van der Waals surface area contributed by atoms with Crippen LogP contribution in [0.4, 0.5) is 0 Å². The van der Waals surface area contributed by atoms with E-state index in [0.29, 0.717) is 0 Å². The van der Waals surface area contributed by atoms with Crippen molar-refractivity contribution in [3.63, 3.8) is 0 Å². The molecule has 1 nitrogen and oxygen atoms in total. The third kappa shape index (κ3) is 1.72. The highest BCUT2D eigenvalue weighted by atomic mass is 15.1. The summed E-state index contributed by atoms with van der Waals surface area (Å²) >= 11 is 0. The average Bonchev–Trinajstić information content (AvgIpc) is 2.43. The van der Waals surface area contributed by atoms with Crippen LogP contribution in [-0.2, 0) is 0 Å². The summed E-state index contributed by atoms with van der Waals surface area (Å²) in [6, 6.07) is 0.801. The van der Waals surface area contributed by atoms with E-state index in [4.69, 9.17) is 0 Å². The minimum Gasteiger partial charge on any atom is -0.300 e. The molecule has 1 aliphatic carbocycles. The lowest BCUT2D eigenvalue weighted by molar-refractivity contribution is 0.241. The topological polar surface area (TPSA) is 3.24 Å². The molecular weight excluding hydrogens is 122 g/mol. The lowest BCUT2D eigenvalue weighted by atomic mass is 10.2. The maximum Gasteiger partial charge on any atom is 0.00952 e. The van der Waals surface area contributed by atoms with Crippen LogP contribution in [0.5, 0.6) is 0 Å². The molecule has 1 rings (SSSR count). The molecule has 10 heavy (non-hydrogen) atoms. The SMILES string of the molecule is [CH2]CN(C[CH2])C1CCCC1. The average molecular weight is 139 g/mol. The van der Waals surface area contributed by atoms with Crippen molar-refractivity contribution in [1.29, 1.82) is 0 Å². The van der Waals surface area contributed by atoms with E-state index in [1.807, 2.05) is 0 Å². The van der Waals surface area contributed by atoms with E-state index < -0.39 is 0 Å². The van der Waals surface area contributed by atoms with E-state index in [0.717, 1.165) is 19.1 Å². The van der Waals surface area contributed by atoms with Gasteiger partial charge in [0.25, 0.3) is 0 Å². The standard InChI is InChI=1S/C9H17N/c1-3-10(4-2)9-7-5-6-8-9/h9H,1-8H2. The maximum absolute atomic E-state index is 3.89. The van der Waals surface area contributed by atoms with Crippen LogP contribution in [0.15, 0.2) is 0 Å². The molecule has 0 unspecified atom stereocenters. The van der Waals surface area contributed by atoms with Gasteiger partial charge >= 0.3 is 0 Å². The van der Waals surface area contributed by atoms with E-state index in [1.165, 1.54) is 25.7 Å². The van der Waals surface area contributed by atoms with Gasteiger partial charge < -0.3 is 4.90 Å². The van der Waals surface area contributed by atoms with Gasteiger partial charge in [-0.3, -0.25) is 0 Å². The smallest absolute Gasteiger partial charge is 0.00952 e. The van der Waals surface area contributed by atoms with Gasteiger partial charge in [-0.2, -0.15) is 0 Å². The van der Waals surface area contributed by atoms with Crippen molar-refractivity contribution in [2.75, 3.05) is 13.1 Å². The molecule has 0 spiro atoms. The molecule has 0 aliphatic heterocycles. The highest BCUT2D eigenvalue weighted by Gasteiger charge is 2.19. The molecule has 0 N–H and O–H groups in total. The van der Waals surface area contributed by atoms with Crippen LogP contribution >= 0.6 is 0 Å². The minimum absolute atomic E-state index is 0.801. The highest BCUT2D eigenvalue weighted by Crippen LogP contribution is 2.22. The van der Waals surface area contributed by atoms with Crippen LogP contribution in [0.3, 0.4) is 0 Å². The summed E-state index contributed by atoms with van der Waals surface area (Å²) < 4.78 is 0.